The highest BCUT2D eigenvalue weighted by atomic mass is 32.2. The molecule has 0 aliphatic heterocycles. The number of amides is 1. The third kappa shape index (κ3) is 4.16. The van der Waals surface area contributed by atoms with E-state index in [9.17, 15) is 4.79 Å². The van der Waals surface area contributed by atoms with Gasteiger partial charge in [-0.05, 0) is 30.0 Å². The Morgan fingerprint density at radius 1 is 1.33 bits per heavy atom. The van der Waals surface area contributed by atoms with E-state index in [4.69, 9.17) is 0 Å². The smallest absolute Gasteiger partial charge is 0.261 e. The zero-order valence-electron chi connectivity index (χ0n) is 9.83. The van der Waals surface area contributed by atoms with E-state index < -0.39 is 0 Å². The summed E-state index contributed by atoms with van der Waals surface area (Å²) in [6, 6.07) is 9.60. The maximum atomic E-state index is 11.6. The van der Waals surface area contributed by atoms with Crippen molar-refractivity contribution in [3.63, 3.8) is 0 Å². The van der Waals surface area contributed by atoms with Crippen molar-refractivity contribution in [2.75, 3.05) is 12.3 Å². The normalized spacial score (nSPS) is 10.2. The van der Waals surface area contributed by atoms with E-state index in [2.05, 4.69) is 10.3 Å². The van der Waals surface area contributed by atoms with Crippen molar-refractivity contribution < 1.29 is 4.79 Å². The van der Waals surface area contributed by atoms with E-state index in [-0.39, 0.29) is 5.91 Å². The molecule has 2 aromatic heterocycles. The van der Waals surface area contributed by atoms with Crippen LogP contribution < -0.4 is 5.32 Å². The first-order valence-corrected chi connectivity index (χ1v) is 7.58. The largest absolute Gasteiger partial charge is 0.351 e. The third-order valence-corrected chi connectivity index (χ3v) is 4.14. The molecule has 0 fully saturated rings. The molecule has 0 radical (unpaired) electrons. The lowest BCUT2D eigenvalue weighted by Gasteiger charge is -2.03. The van der Waals surface area contributed by atoms with Gasteiger partial charge in [0.05, 0.1) is 9.90 Å². The Bertz CT molecular complexity index is 471. The maximum absolute atomic E-state index is 11.6. The van der Waals surface area contributed by atoms with Crippen molar-refractivity contribution in [1.82, 2.24) is 10.3 Å². The molecule has 2 rings (SSSR count). The van der Waals surface area contributed by atoms with E-state index in [0.717, 1.165) is 22.1 Å². The van der Waals surface area contributed by atoms with Gasteiger partial charge < -0.3 is 5.32 Å². The number of aromatic nitrogens is 1. The minimum Gasteiger partial charge on any atom is -0.351 e. The Kier molecular flexibility index (Phi) is 5.23. The summed E-state index contributed by atoms with van der Waals surface area (Å²) in [5, 5.41) is 5.85. The number of hydrogen-bond acceptors (Lipinski definition) is 4. The van der Waals surface area contributed by atoms with Gasteiger partial charge in [0.2, 0.25) is 0 Å². The molecular weight excluding hydrogens is 264 g/mol. The second kappa shape index (κ2) is 7.18. The Labute approximate surface area is 115 Å². The monoisotopic (exact) mass is 278 g/mol. The van der Waals surface area contributed by atoms with Gasteiger partial charge in [0.25, 0.3) is 5.91 Å². The molecule has 1 N–H and O–H groups in total. The lowest BCUT2D eigenvalue weighted by Crippen LogP contribution is -2.23. The van der Waals surface area contributed by atoms with Crippen LogP contribution in [0.15, 0.2) is 46.9 Å². The number of carbonyl (C=O) groups is 1. The van der Waals surface area contributed by atoms with Gasteiger partial charge in [-0.25, -0.2) is 4.98 Å². The van der Waals surface area contributed by atoms with E-state index >= 15 is 0 Å². The molecule has 1 amide bonds. The summed E-state index contributed by atoms with van der Waals surface area (Å²) in [6.45, 7) is 0.705. The number of nitrogens with one attached hydrogen (secondary N) is 1. The molecule has 94 valence electrons. The molecule has 2 aromatic rings. The van der Waals surface area contributed by atoms with Gasteiger partial charge in [0.1, 0.15) is 0 Å². The average molecular weight is 278 g/mol. The van der Waals surface area contributed by atoms with Gasteiger partial charge in [-0.3, -0.25) is 4.79 Å². The van der Waals surface area contributed by atoms with Crippen LogP contribution in [0.3, 0.4) is 0 Å². The van der Waals surface area contributed by atoms with Crippen LogP contribution in [0.2, 0.25) is 0 Å². The summed E-state index contributed by atoms with van der Waals surface area (Å²) in [5.74, 6) is 0.981. The molecule has 0 aliphatic carbocycles. The third-order valence-electron chi connectivity index (χ3n) is 2.24. The fraction of sp³-hybridized carbons (Fsp3) is 0.231. The topological polar surface area (TPSA) is 42.0 Å². The molecule has 2 heterocycles. The minimum atomic E-state index is 0.0211. The zero-order valence-corrected chi connectivity index (χ0v) is 11.5. The molecule has 0 atom stereocenters. The zero-order chi connectivity index (χ0) is 12.6. The molecular formula is C13H14N2OS2. The lowest BCUT2D eigenvalue weighted by atomic mass is 10.4. The van der Waals surface area contributed by atoms with Gasteiger partial charge >= 0.3 is 0 Å². The van der Waals surface area contributed by atoms with Crippen molar-refractivity contribution in [3.05, 3.63) is 46.8 Å². The van der Waals surface area contributed by atoms with Crippen molar-refractivity contribution in [3.8, 4) is 0 Å². The molecule has 3 nitrogen and oxygen atoms in total. The van der Waals surface area contributed by atoms with Gasteiger partial charge in [-0.1, -0.05) is 12.1 Å². The van der Waals surface area contributed by atoms with Crippen LogP contribution >= 0.6 is 23.1 Å². The number of pyridine rings is 1. The second-order valence-corrected chi connectivity index (χ2v) is 5.67. The fourth-order valence-corrected chi connectivity index (χ4v) is 2.83. The van der Waals surface area contributed by atoms with Crippen molar-refractivity contribution in [2.24, 2.45) is 0 Å². The predicted octanol–water partition coefficient (Wildman–Crippen LogP) is 3.06. The summed E-state index contributed by atoms with van der Waals surface area (Å²) in [5.41, 5.74) is 0. The molecule has 0 bridgehead atoms. The molecule has 0 saturated carbocycles. The number of thioether (sulfide) groups is 1. The van der Waals surface area contributed by atoms with Gasteiger partial charge in [0, 0.05) is 18.5 Å². The summed E-state index contributed by atoms with van der Waals surface area (Å²) in [7, 11) is 0. The fourth-order valence-electron chi connectivity index (χ4n) is 1.38. The first kappa shape index (κ1) is 13.1. The molecule has 0 unspecified atom stereocenters. The Morgan fingerprint density at radius 3 is 3.00 bits per heavy atom. The highest BCUT2D eigenvalue weighted by molar-refractivity contribution is 7.99. The summed E-state index contributed by atoms with van der Waals surface area (Å²) in [6.07, 6.45) is 2.74. The van der Waals surface area contributed by atoms with Crippen LogP contribution in [0.1, 0.15) is 16.1 Å². The predicted molar refractivity (Wildman–Crippen MR) is 76.2 cm³/mol. The van der Waals surface area contributed by atoms with E-state index in [1.54, 1.807) is 18.0 Å². The van der Waals surface area contributed by atoms with Gasteiger partial charge in [0.15, 0.2) is 0 Å². The van der Waals surface area contributed by atoms with Crippen LogP contribution in [-0.2, 0) is 0 Å². The maximum Gasteiger partial charge on any atom is 0.261 e. The van der Waals surface area contributed by atoms with Crippen LogP contribution in [0.5, 0.6) is 0 Å². The minimum absolute atomic E-state index is 0.0211. The number of rotatable bonds is 6. The van der Waals surface area contributed by atoms with Crippen molar-refractivity contribution in [1.29, 1.82) is 0 Å². The summed E-state index contributed by atoms with van der Waals surface area (Å²) < 4.78 is 0. The van der Waals surface area contributed by atoms with Crippen LogP contribution in [0, 0.1) is 0 Å². The second-order valence-electron chi connectivity index (χ2n) is 3.60. The van der Waals surface area contributed by atoms with E-state index in [1.165, 1.54) is 11.3 Å². The number of carbonyl (C=O) groups excluding carboxylic acids is 1. The lowest BCUT2D eigenvalue weighted by molar-refractivity contribution is 0.0958. The Balaban J connectivity index is 1.61. The quantitative estimate of drug-likeness (QED) is 0.652. The van der Waals surface area contributed by atoms with Gasteiger partial charge in [-0.2, -0.15) is 0 Å². The number of hydrogen-bond donors (Lipinski definition) is 1. The van der Waals surface area contributed by atoms with Crippen molar-refractivity contribution >= 4 is 29.0 Å². The average Bonchev–Trinajstić information content (AvgIpc) is 2.93. The molecule has 0 aliphatic rings. The molecule has 0 saturated heterocycles. The molecule has 0 spiro atoms. The Hall–Kier alpha value is -1.33. The first-order chi connectivity index (χ1) is 8.86. The van der Waals surface area contributed by atoms with Crippen LogP contribution in [0.25, 0.3) is 0 Å². The highest BCUT2D eigenvalue weighted by Gasteiger charge is 2.04. The number of thiophene rings is 1. The van der Waals surface area contributed by atoms with E-state index in [1.807, 2.05) is 35.7 Å². The SMILES string of the molecule is O=C(NCCCSc1ccccn1)c1cccs1. The van der Waals surface area contributed by atoms with Crippen LogP contribution in [0.4, 0.5) is 0 Å². The number of nitrogens with zero attached hydrogens (tertiary/aromatic N) is 1. The van der Waals surface area contributed by atoms with Crippen LogP contribution in [-0.4, -0.2) is 23.2 Å². The van der Waals surface area contributed by atoms with E-state index in [0.29, 0.717) is 6.54 Å². The molecule has 5 heteroatoms. The molecule has 0 aromatic carbocycles. The molecule has 18 heavy (non-hydrogen) atoms. The van der Waals surface area contributed by atoms with Gasteiger partial charge in [-0.15, -0.1) is 23.1 Å². The first-order valence-electron chi connectivity index (χ1n) is 5.72. The summed E-state index contributed by atoms with van der Waals surface area (Å²) in [4.78, 5) is 16.6. The summed E-state index contributed by atoms with van der Waals surface area (Å²) >= 11 is 3.17. The highest BCUT2D eigenvalue weighted by Crippen LogP contribution is 2.14. The standard InChI is InChI=1S/C13H14N2OS2/c16-13(11-5-3-9-17-11)15-8-4-10-18-12-6-1-2-7-14-12/h1-3,5-7,9H,4,8,10H2,(H,15,16). The van der Waals surface area contributed by atoms with Crippen molar-refractivity contribution in [2.45, 2.75) is 11.4 Å². The Morgan fingerprint density at radius 2 is 2.28 bits per heavy atom.